The predicted octanol–water partition coefficient (Wildman–Crippen LogP) is 4.92. The maximum atomic E-state index is 12.9. The molecule has 2 aromatic heterocycles. The number of hydrogen-bond donors (Lipinski definition) is 2. The molecule has 2 heterocycles. The SMILES string of the molecule is N#Cc1cnc2c(NC(=O)c3c(Cl)cccc3Cl)cccc2c1CC(=O)NCc1ccccn1. The molecule has 0 saturated carbocycles. The second-order valence-electron chi connectivity index (χ2n) is 7.29. The number of anilines is 1. The number of nitriles is 1. The summed E-state index contributed by atoms with van der Waals surface area (Å²) >= 11 is 12.3. The number of para-hydroxylation sites is 1. The minimum atomic E-state index is -0.496. The number of aromatic nitrogens is 2. The van der Waals surface area contributed by atoms with E-state index in [-0.39, 0.29) is 40.0 Å². The first-order valence-electron chi connectivity index (χ1n) is 10.2. The van der Waals surface area contributed by atoms with Crippen LogP contribution in [0.1, 0.15) is 27.2 Å². The van der Waals surface area contributed by atoms with Gasteiger partial charge in [-0.2, -0.15) is 5.26 Å². The number of pyridine rings is 2. The Morgan fingerprint density at radius 3 is 2.44 bits per heavy atom. The van der Waals surface area contributed by atoms with Gasteiger partial charge in [0, 0.05) is 17.8 Å². The lowest BCUT2D eigenvalue weighted by Gasteiger charge is -2.13. The molecule has 0 radical (unpaired) electrons. The molecule has 0 atom stereocenters. The topological polar surface area (TPSA) is 108 Å². The van der Waals surface area contributed by atoms with Crippen molar-refractivity contribution in [2.24, 2.45) is 0 Å². The molecule has 0 bridgehead atoms. The van der Waals surface area contributed by atoms with E-state index < -0.39 is 5.91 Å². The summed E-state index contributed by atoms with van der Waals surface area (Å²) in [7, 11) is 0. The number of nitrogens with one attached hydrogen (secondary N) is 2. The van der Waals surface area contributed by atoms with Gasteiger partial charge in [-0.05, 0) is 35.9 Å². The quantitative estimate of drug-likeness (QED) is 0.399. The molecule has 7 nitrogen and oxygen atoms in total. The monoisotopic (exact) mass is 489 g/mol. The number of carbonyl (C=O) groups excluding carboxylic acids is 2. The maximum Gasteiger partial charge on any atom is 0.258 e. The largest absolute Gasteiger partial charge is 0.350 e. The van der Waals surface area contributed by atoms with Gasteiger partial charge >= 0.3 is 0 Å². The van der Waals surface area contributed by atoms with Gasteiger partial charge < -0.3 is 10.6 Å². The van der Waals surface area contributed by atoms with E-state index in [0.29, 0.717) is 22.2 Å². The Morgan fingerprint density at radius 1 is 0.971 bits per heavy atom. The van der Waals surface area contributed by atoms with Crippen LogP contribution in [-0.2, 0) is 17.8 Å². The van der Waals surface area contributed by atoms with Gasteiger partial charge in [0.2, 0.25) is 5.91 Å². The number of hydrogen-bond acceptors (Lipinski definition) is 5. The number of carbonyl (C=O) groups is 2. The molecule has 0 aliphatic rings. The molecule has 4 rings (SSSR count). The highest BCUT2D eigenvalue weighted by atomic mass is 35.5. The maximum absolute atomic E-state index is 12.9. The summed E-state index contributed by atoms with van der Waals surface area (Å²) in [6.45, 7) is 0.268. The zero-order valence-electron chi connectivity index (χ0n) is 17.7. The average molecular weight is 490 g/mol. The van der Waals surface area contributed by atoms with Crippen molar-refractivity contribution in [1.29, 1.82) is 5.26 Å². The van der Waals surface area contributed by atoms with Crippen LogP contribution in [0.25, 0.3) is 10.9 Å². The van der Waals surface area contributed by atoms with Crippen LogP contribution in [0.4, 0.5) is 5.69 Å². The van der Waals surface area contributed by atoms with Crippen molar-refractivity contribution in [3.63, 3.8) is 0 Å². The molecule has 34 heavy (non-hydrogen) atoms. The molecule has 0 aliphatic carbocycles. The molecule has 9 heteroatoms. The molecule has 0 spiro atoms. The first-order valence-corrected chi connectivity index (χ1v) is 11.0. The first kappa shape index (κ1) is 23.2. The fraction of sp³-hybridized carbons (Fsp3) is 0.0800. The highest BCUT2D eigenvalue weighted by Gasteiger charge is 2.18. The van der Waals surface area contributed by atoms with Crippen molar-refractivity contribution in [2.75, 3.05) is 5.32 Å². The van der Waals surface area contributed by atoms with E-state index in [1.54, 1.807) is 48.7 Å². The number of amides is 2. The molecular weight excluding hydrogens is 473 g/mol. The molecule has 0 unspecified atom stereocenters. The molecule has 0 aliphatic heterocycles. The van der Waals surface area contributed by atoms with Crippen LogP contribution in [0.3, 0.4) is 0 Å². The van der Waals surface area contributed by atoms with Gasteiger partial charge in [-0.1, -0.05) is 47.5 Å². The van der Waals surface area contributed by atoms with Crippen LogP contribution in [0.2, 0.25) is 10.0 Å². The first-order chi connectivity index (χ1) is 16.5. The van der Waals surface area contributed by atoms with Crippen molar-refractivity contribution < 1.29 is 9.59 Å². The number of benzene rings is 2. The molecule has 2 N–H and O–H groups in total. The van der Waals surface area contributed by atoms with Crippen molar-refractivity contribution in [1.82, 2.24) is 15.3 Å². The molecule has 4 aromatic rings. The Hall–Kier alpha value is -3.99. The van der Waals surface area contributed by atoms with E-state index in [1.807, 2.05) is 12.1 Å². The summed E-state index contributed by atoms with van der Waals surface area (Å²) in [6, 6.07) is 17.5. The van der Waals surface area contributed by atoms with Gasteiger partial charge in [0.1, 0.15) is 6.07 Å². The number of halogens is 2. The summed E-state index contributed by atoms with van der Waals surface area (Å²) in [5, 5.41) is 16.2. The van der Waals surface area contributed by atoms with Gasteiger partial charge in [0.25, 0.3) is 5.91 Å². The van der Waals surface area contributed by atoms with Crippen LogP contribution in [0, 0.1) is 11.3 Å². The molecule has 2 amide bonds. The van der Waals surface area contributed by atoms with E-state index in [9.17, 15) is 14.9 Å². The fourth-order valence-corrected chi connectivity index (χ4v) is 4.05. The zero-order chi connectivity index (χ0) is 24.1. The van der Waals surface area contributed by atoms with Crippen LogP contribution in [-0.4, -0.2) is 21.8 Å². The van der Waals surface area contributed by atoms with E-state index >= 15 is 0 Å². The third-order valence-corrected chi connectivity index (χ3v) is 5.73. The highest BCUT2D eigenvalue weighted by Crippen LogP contribution is 2.29. The van der Waals surface area contributed by atoms with Crippen molar-refractivity contribution in [3.8, 4) is 6.07 Å². The van der Waals surface area contributed by atoms with Crippen LogP contribution in [0.15, 0.2) is 67.0 Å². The summed E-state index contributed by atoms with van der Waals surface area (Å²) in [4.78, 5) is 34.1. The van der Waals surface area contributed by atoms with Crippen molar-refractivity contribution in [2.45, 2.75) is 13.0 Å². The summed E-state index contributed by atoms with van der Waals surface area (Å²) in [5.41, 5.74) is 2.49. The van der Waals surface area contributed by atoms with E-state index in [1.165, 1.54) is 6.20 Å². The van der Waals surface area contributed by atoms with Gasteiger partial charge in [-0.3, -0.25) is 19.6 Å². The highest BCUT2D eigenvalue weighted by molar-refractivity contribution is 6.40. The molecule has 0 saturated heterocycles. The van der Waals surface area contributed by atoms with Gasteiger partial charge in [-0.25, -0.2) is 0 Å². The Balaban J connectivity index is 1.63. The zero-order valence-corrected chi connectivity index (χ0v) is 19.2. The summed E-state index contributed by atoms with van der Waals surface area (Å²) in [5.74, 6) is -0.768. The minimum absolute atomic E-state index is 0.0392. The van der Waals surface area contributed by atoms with Gasteiger partial charge in [0.15, 0.2) is 0 Å². The molecule has 2 aromatic carbocycles. The van der Waals surface area contributed by atoms with Crippen LogP contribution >= 0.6 is 23.2 Å². The third kappa shape index (κ3) is 4.99. The normalized spacial score (nSPS) is 10.5. The Kier molecular flexibility index (Phi) is 7.02. The lowest BCUT2D eigenvalue weighted by atomic mass is 10.00. The Labute approximate surface area is 205 Å². The lowest BCUT2D eigenvalue weighted by Crippen LogP contribution is -2.25. The summed E-state index contributed by atoms with van der Waals surface area (Å²) in [6.07, 6.45) is 3.00. The smallest absolute Gasteiger partial charge is 0.258 e. The van der Waals surface area contributed by atoms with Gasteiger partial charge in [0.05, 0.1) is 51.0 Å². The number of fused-ring (bicyclic) bond motifs is 1. The predicted molar refractivity (Wildman–Crippen MR) is 131 cm³/mol. The van der Waals surface area contributed by atoms with Crippen LogP contribution in [0.5, 0.6) is 0 Å². The van der Waals surface area contributed by atoms with Crippen molar-refractivity contribution >= 4 is 51.6 Å². The second-order valence-corrected chi connectivity index (χ2v) is 8.10. The van der Waals surface area contributed by atoms with E-state index in [0.717, 1.165) is 5.69 Å². The average Bonchev–Trinajstić information content (AvgIpc) is 2.84. The van der Waals surface area contributed by atoms with Crippen LogP contribution < -0.4 is 10.6 Å². The van der Waals surface area contributed by atoms with E-state index in [4.69, 9.17) is 23.2 Å². The second kappa shape index (κ2) is 10.3. The van der Waals surface area contributed by atoms with Gasteiger partial charge in [-0.15, -0.1) is 0 Å². The third-order valence-electron chi connectivity index (χ3n) is 5.10. The van der Waals surface area contributed by atoms with Crippen molar-refractivity contribution in [3.05, 3.63) is 99.4 Å². The lowest BCUT2D eigenvalue weighted by molar-refractivity contribution is -0.120. The minimum Gasteiger partial charge on any atom is -0.350 e. The van der Waals surface area contributed by atoms with E-state index in [2.05, 4.69) is 26.7 Å². The molecule has 0 fully saturated rings. The Morgan fingerprint density at radius 2 is 1.74 bits per heavy atom. The fourth-order valence-electron chi connectivity index (χ4n) is 3.48. The number of rotatable bonds is 6. The summed E-state index contributed by atoms with van der Waals surface area (Å²) < 4.78 is 0. The molecular formula is C25H17Cl2N5O2. The Bertz CT molecular complexity index is 1410. The molecule has 168 valence electrons. The number of nitrogens with zero attached hydrogens (tertiary/aromatic N) is 3. The standard InChI is InChI=1S/C25H17Cl2N5O2/c26-19-7-4-8-20(27)23(19)25(34)32-21-9-3-6-17-18(15(12-28)13-31-24(17)21)11-22(33)30-14-16-5-1-2-10-29-16/h1-10,13H,11,14H2,(H,30,33)(H,32,34).